The molecule has 0 aromatic rings. The molecule has 0 bridgehead atoms. The molecule has 1 unspecified atom stereocenters. The topological polar surface area (TPSA) is 24.5 Å². The zero-order valence-electron chi connectivity index (χ0n) is 14.1. The standard InChI is InChI=1S/C18H34N2O/c1-3-17(4-2)15-20(13-7-12-19-17)14-16-8-11-18(21-16)9-5-6-10-18/h16,19H,3-15H2,1-2H3. The molecule has 2 saturated heterocycles. The van der Waals surface area contributed by atoms with E-state index >= 15 is 0 Å². The predicted molar refractivity (Wildman–Crippen MR) is 87.7 cm³/mol. The van der Waals surface area contributed by atoms with Crippen LogP contribution in [0.15, 0.2) is 0 Å². The number of hydrogen-bond donors (Lipinski definition) is 1. The van der Waals surface area contributed by atoms with Crippen LogP contribution in [0, 0.1) is 0 Å². The van der Waals surface area contributed by atoms with Gasteiger partial charge in [-0.3, -0.25) is 4.90 Å². The van der Waals surface area contributed by atoms with E-state index in [2.05, 4.69) is 24.1 Å². The van der Waals surface area contributed by atoms with Gasteiger partial charge in [-0.15, -0.1) is 0 Å². The number of nitrogens with zero attached hydrogens (tertiary/aromatic N) is 1. The first-order valence-corrected chi connectivity index (χ1v) is 9.34. The van der Waals surface area contributed by atoms with E-state index in [-0.39, 0.29) is 0 Å². The van der Waals surface area contributed by atoms with Crippen molar-refractivity contribution in [2.45, 2.75) is 88.9 Å². The van der Waals surface area contributed by atoms with Crippen LogP contribution in [-0.4, -0.2) is 48.3 Å². The van der Waals surface area contributed by atoms with E-state index < -0.39 is 0 Å². The van der Waals surface area contributed by atoms with Gasteiger partial charge in [-0.2, -0.15) is 0 Å². The third kappa shape index (κ3) is 3.46. The molecule has 122 valence electrons. The quantitative estimate of drug-likeness (QED) is 0.861. The summed E-state index contributed by atoms with van der Waals surface area (Å²) >= 11 is 0. The van der Waals surface area contributed by atoms with Crippen LogP contribution in [0.3, 0.4) is 0 Å². The van der Waals surface area contributed by atoms with E-state index in [0.29, 0.717) is 17.2 Å². The molecule has 3 heteroatoms. The molecule has 1 saturated carbocycles. The second-order valence-corrected chi connectivity index (χ2v) is 7.67. The monoisotopic (exact) mass is 294 g/mol. The molecule has 3 fully saturated rings. The Balaban J connectivity index is 1.56. The van der Waals surface area contributed by atoms with Crippen LogP contribution in [0.5, 0.6) is 0 Å². The van der Waals surface area contributed by atoms with Gasteiger partial charge in [0.2, 0.25) is 0 Å². The highest BCUT2D eigenvalue weighted by molar-refractivity contribution is 4.95. The van der Waals surface area contributed by atoms with Gasteiger partial charge < -0.3 is 10.1 Å². The first kappa shape index (κ1) is 15.8. The summed E-state index contributed by atoms with van der Waals surface area (Å²) in [4.78, 5) is 2.69. The summed E-state index contributed by atoms with van der Waals surface area (Å²) in [6, 6.07) is 0. The van der Waals surface area contributed by atoms with Crippen LogP contribution in [-0.2, 0) is 4.74 Å². The summed E-state index contributed by atoms with van der Waals surface area (Å²) in [5.41, 5.74) is 0.627. The summed E-state index contributed by atoms with van der Waals surface area (Å²) < 4.78 is 6.53. The van der Waals surface area contributed by atoms with E-state index in [1.165, 1.54) is 77.4 Å². The summed E-state index contributed by atoms with van der Waals surface area (Å²) in [7, 11) is 0. The summed E-state index contributed by atoms with van der Waals surface area (Å²) in [6.07, 6.45) is 12.2. The van der Waals surface area contributed by atoms with Crippen molar-refractivity contribution in [2.75, 3.05) is 26.2 Å². The molecule has 1 N–H and O–H groups in total. The third-order valence-corrected chi connectivity index (χ3v) is 6.35. The Kier molecular flexibility index (Phi) is 4.92. The molecule has 0 amide bonds. The average molecular weight is 294 g/mol. The van der Waals surface area contributed by atoms with Gasteiger partial charge in [0.15, 0.2) is 0 Å². The normalized spacial score (nSPS) is 32.6. The van der Waals surface area contributed by atoms with Crippen molar-refractivity contribution in [2.24, 2.45) is 0 Å². The van der Waals surface area contributed by atoms with Gasteiger partial charge in [0.25, 0.3) is 0 Å². The van der Waals surface area contributed by atoms with Gasteiger partial charge in [-0.05, 0) is 58.0 Å². The molecule has 0 aromatic carbocycles. The first-order chi connectivity index (χ1) is 10.2. The molecule has 2 heterocycles. The van der Waals surface area contributed by atoms with Crippen LogP contribution in [0.2, 0.25) is 0 Å². The smallest absolute Gasteiger partial charge is 0.0710 e. The summed E-state index contributed by atoms with van der Waals surface area (Å²) in [5, 5.41) is 3.82. The zero-order valence-corrected chi connectivity index (χ0v) is 14.1. The summed E-state index contributed by atoms with van der Waals surface area (Å²) in [5.74, 6) is 0. The Bertz CT molecular complexity index is 334. The van der Waals surface area contributed by atoms with Gasteiger partial charge in [0.1, 0.15) is 0 Å². The van der Waals surface area contributed by atoms with Crippen LogP contribution in [0.1, 0.15) is 71.6 Å². The van der Waals surface area contributed by atoms with E-state index in [4.69, 9.17) is 4.74 Å². The fourth-order valence-corrected chi connectivity index (χ4v) is 4.80. The fourth-order valence-electron chi connectivity index (χ4n) is 4.80. The lowest BCUT2D eigenvalue weighted by atomic mass is 9.92. The van der Waals surface area contributed by atoms with Gasteiger partial charge in [0, 0.05) is 18.6 Å². The first-order valence-electron chi connectivity index (χ1n) is 9.34. The Hall–Kier alpha value is -0.120. The molecule has 1 spiro atoms. The molecule has 1 aliphatic carbocycles. The molecule has 0 aromatic heterocycles. The molecule has 2 aliphatic heterocycles. The third-order valence-electron chi connectivity index (χ3n) is 6.35. The second-order valence-electron chi connectivity index (χ2n) is 7.67. The number of ether oxygens (including phenoxy) is 1. The molecular weight excluding hydrogens is 260 g/mol. The number of hydrogen-bond acceptors (Lipinski definition) is 3. The van der Waals surface area contributed by atoms with Crippen molar-refractivity contribution in [1.82, 2.24) is 10.2 Å². The molecule has 3 aliphatic rings. The van der Waals surface area contributed by atoms with Gasteiger partial charge >= 0.3 is 0 Å². The highest BCUT2D eigenvalue weighted by atomic mass is 16.5. The lowest BCUT2D eigenvalue weighted by Crippen LogP contribution is -2.51. The van der Waals surface area contributed by atoms with Gasteiger partial charge in [0.05, 0.1) is 11.7 Å². The van der Waals surface area contributed by atoms with Gasteiger partial charge in [-0.25, -0.2) is 0 Å². The van der Waals surface area contributed by atoms with E-state index in [0.717, 1.165) is 6.54 Å². The molecule has 1 atom stereocenters. The Labute approximate surface area is 130 Å². The van der Waals surface area contributed by atoms with Crippen LogP contribution in [0.25, 0.3) is 0 Å². The largest absolute Gasteiger partial charge is 0.370 e. The van der Waals surface area contributed by atoms with Crippen LogP contribution >= 0.6 is 0 Å². The van der Waals surface area contributed by atoms with Crippen molar-refractivity contribution in [3.05, 3.63) is 0 Å². The van der Waals surface area contributed by atoms with Crippen molar-refractivity contribution in [1.29, 1.82) is 0 Å². The molecule has 3 rings (SSSR count). The SMILES string of the molecule is CCC1(CC)CN(CC2CCC3(CCCC3)O2)CCCN1. The van der Waals surface area contributed by atoms with E-state index in [9.17, 15) is 0 Å². The number of nitrogens with one attached hydrogen (secondary N) is 1. The van der Waals surface area contributed by atoms with Crippen LogP contribution < -0.4 is 5.32 Å². The van der Waals surface area contributed by atoms with E-state index in [1.807, 2.05) is 0 Å². The fraction of sp³-hybridized carbons (Fsp3) is 1.00. The zero-order chi connectivity index (χ0) is 14.8. The van der Waals surface area contributed by atoms with Crippen molar-refractivity contribution >= 4 is 0 Å². The molecular formula is C18H34N2O. The Morgan fingerprint density at radius 2 is 1.86 bits per heavy atom. The Morgan fingerprint density at radius 3 is 2.57 bits per heavy atom. The molecule has 0 radical (unpaired) electrons. The maximum atomic E-state index is 6.53. The summed E-state index contributed by atoms with van der Waals surface area (Å²) in [6.45, 7) is 9.44. The van der Waals surface area contributed by atoms with Crippen molar-refractivity contribution in [3.8, 4) is 0 Å². The van der Waals surface area contributed by atoms with Crippen molar-refractivity contribution < 1.29 is 4.74 Å². The highest BCUT2D eigenvalue weighted by Gasteiger charge is 2.43. The second kappa shape index (κ2) is 6.55. The molecule has 3 nitrogen and oxygen atoms in total. The minimum absolute atomic E-state index is 0.293. The predicted octanol–water partition coefficient (Wildman–Crippen LogP) is 3.33. The van der Waals surface area contributed by atoms with Crippen molar-refractivity contribution in [3.63, 3.8) is 0 Å². The minimum Gasteiger partial charge on any atom is -0.370 e. The minimum atomic E-state index is 0.293. The van der Waals surface area contributed by atoms with Crippen LogP contribution in [0.4, 0.5) is 0 Å². The van der Waals surface area contributed by atoms with E-state index in [1.54, 1.807) is 0 Å². The lowest BCUT2D eigenvalue weighted by molar-refractivity contribution is -0.0485. The van der Waals surface area contributed by atoms with Gasteiger partial charge in [-0.1, -0.05) is 26.7 Å². The maximum absolute atomic E-state index is 6.53. The number of rotatable bonds is 4. The molecule has 21 heavy (non-hydrogen) atoms. The Morgan fingerprint density at radius 1 is 1.10 bits per heavy atom. The lowest BCUT2D eigenvalue weighted by Gasteiger charge is -2.36. The maximum Gasteiger partial charge on any atom is 0.0710 e. The highest BCUT2D eigenvalue weighted by Crippen LogP contribution is 2.43. The average Bonchev–Trinajstić information content (AvgIpc) is 3.06.